The van der Waals surface area contributed by atoms with Crippen LogP contribution in [0.3, 0.4) is 0 Å². The number of rotatable bonds is 5. The Morgan fingerprint density at radius 3 is 2.90 bits per heavy atom. The van der Waals surface area contributed by atoms with Crippen molar-refractivity contribution in [3.8, 4) is 11.3 Å². The molecule has 0 fully saturated rings. The second kappa shape index (κ2) is 7.38. The van der Waals surface area contributed by atoms with Gasteiger partial charge in [0.15, 0.2) is 0 Å². The Kier molecular flexibility index (Phi) is 5.53. The number of aryl methyl sites for hydroxylation is 1. The van der Waals surface area contributed by atoms with E-state index in [0.29, 0.717) is 0 Å². The van der Waals surface area contributed by atoms with E-state index >= 15 is 0 Å². The van der Waals surface area contributed by atoms with E-state index < -0.39 is 0 Å². The molecule has 0 saturated carbocycles. The first kappa shape index (κ1) is 15.7. The third-order valence-corrected chi connectivity index (χ3v) is 4.31. The van der Waals surface area contributed by atoms with E-state index in [0.717, 1.165) is 26.9 Å². The molecule has 108 valence electrons. The SMILES string of the molecule is C=C(/N=C(\C=C/C)c1scnc1-c1cccc(C)c1)SC. The Bertz CT molecular complexity index is 696. The molecule has 0 saturated heterocycles. The second-order valence-corrected chi connectivity index (χ2v) is 6.23. The van der Waals surface area contributed by atoms with Crippen LogP contribution in [0, 0.1) is 6.92 Å². The predicted molar refractivity (Wildman–Crippen MR) is 96.3 cm³/mol. The van der Waals surface area contributed by atoms with Gasteiger partial charge in [-0.05, 0) is 32.2 Å². The number of thioether (sulfide) groups is 1. The average molecular weight is 314 g/mol. The summed E-state index contributed by atoms with van der Waals surface area (Å²) in [6.07, 6.45) is 5.98. The number of allylic oxidation sites excluding steroid dienone is 2. The van der Waals surface area contributed by atoms with E-state index in [1.807, 2.05) is 30.8 Å². The van der Waals surface area contributed by atoms with Crippen molar-refractivity contribution in [3.05, 3.63) is 64.0 Å². The lowest BCUT2D eigenvalue weighted by atomic mass is 10.1. The van der Waals surface area contributed by atoms with E-state index in [1.54, 1.807) is 23.1 Å². The van der Waals surface area contributed by atoms with E-state index in [-0.39, 0.29) is 0 Å². The van der Waals surface area contributed by atoms with Crippen LogP contribution in [0.1, 0.15) is 17.4 Å². The summed E-state index contributed by atoms with van der Waals surface area (Å²) >= 11 is 3.16. The lowest BCUT2D eigenvalue weighted by Gasteiger charge is -2.05. The van der Waals surface area contributed by atoms with Gasteiger partial charge in [0.05, 0.1) is 26.8 Å². The zero-order chi connectivity index (χ0) is 15.2. The quantitative estimate of drug-likeness (QED) is 0.698. The molecule has 2 aromatic rings. The first-order valence-corrected chi connectivity index (χ1v) is 8.71. The average Bonchev–Trinajstić information content (AvgIpc) is 2.96. The summed E-state index contributed by atoms with van der Waals surface area (Å²) < 4.78 is 0. The fourth-order valence-corrected chi connectivity index (χ4v) is 2.90. The standard InChI is InChI=1S/C17H18N2S2/c1-5-7-15(19-13(3)20-4)17-16(18-11-21-17)14-9-6-8-12(2)10-14/h5-11H,3H2,1-2,4H3/b7-5-,19-15+. The molecule has 0 amide bonds. The molecule has 0 N–H and O–H groups in total. The molecular formula is C17H18N2S2. The summed E-state index contributed by atoms with van der Waals surface area (Å²) in [7, 11) is 0. The van der Waals surface area contributed by atoms with Crippen LogP contribution < -0.4 is 0 Å². The maximum Gasteiger partial charge on any atom is 0.0906 e. The van der Waals surface area contributed by atoms with Gasteiger partial charge in [0.2, 0.25) is 0 Å². The fourth-order valence-electron chi connectivity index (χ4n) is 1.93. The zero-order valence-electron chi connectivity index (χ0n) is 12.5. The Hall–Kier alpha value is -1.65. The van der Waals surface area contributed by atoms with Crippen molar-refractivity contribution in [3.63, 3.8) is 0 Å². The van der Waals surface area contributed by atoms with Gasteiger partial charge < -0.3 is 0 Å². The van der Waals surface area contributed by atoms with Crippen molar-refractivity contribution < 1.29 is 0 Å². The first-order valence-electron chi connectivity index (χ1n) is 6.61. The summed E-state index contributed by atoms with van der Waals surface area (Å²) in [6.45, 7) is 8.03. The summed E-state index contributed by atoms with van der Waals surface area (Å²) in [5, 5.41) is 0.798. The number of hydrogen-bond acceptors (Lipinski definition) is 4. The van der Waals surface area contributed by atoms with Gasteiger partial charge in [0.25, 0.3) is 0 Å². The third kappa shape index (κ3) is 3.93. The van der Waals surface area contributed by atoms with Crippen LogP contribution in [0.25, 0.3) is 11.3 Å². The predicted octanol–water partition coefficient (Wildman–Crippen LogP) is 5.32. The first-order chi connectivity index (χ1) is 10.2. The topological polar surface area (TPSA) is 25.2 Å². The Balaban J connectivity index is 2.52. The van der Waals surface area contributed by atoms with Crippen LogP contribution in [0.5, 0.6) is 0 Å². The molecule has 4 heteroatoms. The summed E-state index contributed by atoms with van der Waals surface area (Å²) in [6, 6.07) is 8.38. The molecule has 2 nitrogen and oxygen atoms in total. The maximum absolute atomic E-state index is 4.60. The fraction of sp³-hybridized carbons (Fsp3) is 0.176. The Morgan fingerprint density at radius 2 is 2.24 bits per heavy atom. The van der Waals surface area contributed by atoms with Crippen molar-refractivity contribution in [1.29, 1.82) is 0 Å². The monoisotopic (exact) mass is 314 g/mol. The Morgan fingerprint density at radius 1 is 1.43 bits per heavy atom. The highest BCUT2D eigenvalue weighted by atomic mass is 32.2. The lowest BCUT2D eigenvalue weighted by Crippen LogP contribution is -1.97. The van der Waals surface area contributed by atoms with Crippen molar-refractivity contribution in [2.45, 2.75) is 13.8 Å². The molecule has 0 unspecified atom stereocenters. The number of nitrogens with zero attached hydrogens (tertiary/aromatic N) is 2. The smallest absolute Gasteiger partial charge is 0.0906 e. The van der Waals surface area contributed by atoms with Gasteiger partial charge in [0.1, 0.15) is 0 Å². The largest absolute Gasteiger partial charge is 0.244 e. The van der Waals surface area contributed by atoms with E-state index in [4.69, 9.17) is 0 Å². The van der Waals surface area contributed by atoms with Gasteiger partial charge >= 0.3 is 0 Å². The molecular weight excluding hydrogens is 296 g/mol. The van der Waals surface area contributed by atoms with Gasteiger partial charge in [-0.3, -0.25) is 0 Å². The van der Waals surface area contributed by atoms with Crippen LogP contribution in [-0.2, 0) is 0 Å². The molecule has 0 aliphatic carbocycles. The van der Waals surface area contributed by atoms with E-state index in [9.17, 15) is 0 Å². The van der Waals surface area contributed by atoms with Gasteiger partial charge in [-0.15, -0.1) is 23.1 Å². The summed E-state index contributed by atoms with van der Waals surface area (Å²) in [5.74, 6) is 0. The van der Waals surface area contributed by atoms with Crippen LogP contribution in [-0.4, -0.2) is 17.0 Å². The van der Waals surface area contributed by atoms with Crippen molar-refractivity contribution in [1.82, 2.24) is 4.98 Å². The highest BCUT2D eigenvalue weighted by Crippen LogP contribution is 2.28. The van der Waals surface area contributed by atoms with Crippen LogP contribution in [0.4, 0.5) is 0 Å². The summed E-state index contributed by atoms with van der Waals surface area (Å²) in [5.41, 5.74) is 6.11. The molecule has 1 aromatic carbocycles. The summed E-state index contributed by atoms with van der Waals surface area (Å²) in [4.78, 5) is 10.2. The highest BCUT2D eigenvalue weighted by molar-refractivity contribution is 8.02. The Labute approximate surface area is 134 Å². The normalized spacial score (nSPS) is 12.0. The minimum Gasteiger partial charge on any atom is -0.244 e. The maximum atomic E-state index is 4.60. The minimum atomic E-state index is 0.798. The molecule has 21 heavy (non-hydrogen) atoms. The number of thiazole rings is 1. The highest BCUT2D eigenvalue weighted by Gasteiger charge is 2.13. The number of aromatic nitrogens is 1. The lowest BCUT2D eigenvalue weighted by molar-refractivity contribution is 1.38. The molecule has 0 spiro atoms. The molecule has 1 heterocycles. The van der Waals surface area contributed by atoms with Crippen LogP contribution >= 0.6 is 23.1 Å². The van der Waals surface area contributed by atoms with Gasteiger partial charge in [-0.2, -0.15) is 0 Å². The van der Waals surface area contributed by atoms with Gasteiger partial charge in [0, 0.05) is 5.56 Å². The molecule has 0 bridgehead atoms. The zero-order valence-corrected chi connectivity index (χ0v) is 14.1. The van der Waals surface area contributed by atoms with Crippen LogP contribution in [0.15, 0.2) is 58.5 Å². The third-order valence-electron chi connectivity index (χ3n) is 2.90. The molecule has 0 atom stereocenters. The molecule has 1 aromatic heterocycles. The molecule has 0 aliphatic rings. The molecule has 0 radical (unpaired) electrons. The molecule has 2 rings (SSSR count). The van der Waals surface area contributed by atoms with Crippen molar-refractivity contribution >= 4 is 28.8 Å². The van der Waals surface area contributed by atoms with Crippen molar-refractivity contribution in [2.24, 2.45) is 4.99 Å². The van der Waals surface area contributed by atoms with Crippen molar-refractivity contribution in [2.75, 3.05) is 6.26 Å². The number of benzene rings is 1. The number of hydrogen-bond donors (Lipinski definition) is 0. The van der Waals surface area contributed by atoms with Gasteiger partial charge in [-0.1, -0.05) is 36.4 Å². The molecule has 0 aliphatic heterocycles. The second-order valence-electron chi connectivity index (χ2n) is 4.49. The number of aliphatic imine (C=N–C) groups is 1. The van der Waals surface area contributed by atoms with E-state index in [1.165, 1.54) is 5.56 Å². The minimum absolute atomic E-state index is 0.798. The van der Waals surface area contributed by atoms with E-state index in [2.05, 4.69) is 47.7 Å². The van der Waals surface area contributed by atoms with Gasteiger partial charge in [-0.25, -0.2) is 9.98 Å². The van der Waals surface area contributed by atoms with Crippen LogP contribution in [0.2, 0.25) is 0 Å².